The lowest BCUT2D eigenvalue weighted by molar-refractivity contribution is -0.0444. The van der Waals surface area contributed by atoms with Crippen molar-refractivity contribution in [2.45, 2.75) is 18.7 Å². The Morgan fingerprint density at radius 3 is 2.58 bits per heavy atom. The van der Waals surface area contributed by atoms with Gasteiger partial charge >= 0.3 is 0 Å². The topological polar surface area (TPSA) is 35.8 Å². The van der Waals surface area contributed by atoms with Crippen molar-refractivity contribution in [2.24, 2.45) is 11.8 Å². The second-order valence-corrected chi connectivity index (χ2v) is 10.6. The molecule has 3 aliphatic rings. The highest BCUT2D eigenvalue weighted by molar-refractivity contribution is 8.09. The van der Waals surface area contributed by atoms with Crippen molar-refractivity contribution >= 4 is 45.4 Å². The van der Waals surface area contributed by atoms with Crippen LogP contribution in [0.25, 0.3) is 16.0 Å². The number of rotatable bonds is 3. The third-order valence-corrected chi connectivity index (χ3v) is 7.86. The van der Waals surface area contributed by atoms with E-state index in [2.05, 4.69) is 58.4 Å². The van der Waals surface area contributed by atoms with Crippen molar-refractivity contribution in [1.29, 1.82) is 0 Å². The highest BCUT2D eigenvalue weighted by Crippen LogP contribution is 2.42. The maximum Gasteiger partial charge on any atom is 0.298 e. The van der Waals surface area contributed by atoms with Crippen molar-refractivity contribution < 1.29 is 4.42 Å². The molecule has 0 saturated carbocycles. The van der Waals surface area contributed by atoms with E-state index >= 15 is 0 Å². The summed E-state index contributed by atoms with van der Waals surface area (Å²) in [5.41, 5.74) is 2.95. The van der Waals surface area contributed by atoms with Crippen molar-refractivity contribution in [3.63, 3.8) is 0 Å². The Hall–Kier alpha value is -2.15. The number of anilines is 1. The maximum atomic E-state index is 6.12. The van der Waals surface area contributed by atoms with Crippen LogP contribution in [0.15, 0.2) is 59.1 Å². The number of piperidine rings is 2. The fourth-order valence-electron chi connectivity index (χ4n) is 5.17. The predicted molar refractivity (Wildman–Crippen MR) is 128 cm³/mol. The van der Waals surface area contributed by atoms with E-state index in [1.807, 2.05) is 30.0 Å². The largest absolute Gasteiger partial charge is 0.423 e. The zero-order valence-corrected chi connectivity index (χ0v) is 19.0. The summed E-state index contributed by atoms with van der Waals surface area (Å²) in [5.74, 6) is 1.22. The number of oxazole rings is 1. The van der Waals surface area contributed by atoms with Gasteiger partial charge in [0.1, 0.15) is 5.52 Å². The first-order chi connectivity index (χ1) is 15.1. The summed E-state index contributed by atoms with van der Waals surface area (Å²) in [6, 6.07) is 17.1. The molecule has 1 aromatic heterocycles. The van der Waals surface area contributed by atoms with E-state index in [9.17, 15) is 0 Å². The molecule has 2 bridgehead atoms. The van der Waals surface area contributed by atoms with Gasteiger partial charge in [0.15, 0.2) is 5.58 Å². The van der Waals surface area contributed by atoms with Crippen LogP contribution in [0.1, 0.15) is 18.9 Å². The molecule has 5 nitrogen and oxygen atoms in total. The van der Waals surface area contributed by atoms with E-state index in [4.69, 9.17) is 21.0 Å². The molecule has 2 saturated heterocycles. The van der Waals surface area contributed by atoms with Gasteiger partial charge in [-0.15, -0.1) is 0 Å². The van der Waals surface area contributed by atoms with Gasteiger partial charge in [0, 0.05) is 42.3 Å². The SMILES string of the molecule is CC1SC(c2ccccc2)=CN1N1CC2CC(CN(c3nc4cc(Cl)ccc4o3)C2)C1. The molecule has 6 rings (SSSR count). The molecular weight excluding hydrogens is 428 g/mol. The number of aromatic nitrogens is 1. The van der Waals surface area contributed by atoms with Crippen molar-refractivity contribution in [2.75, 3.05) is 31.1 Å². The summed E-state index contributed by atoms with van der Waals surface area (Å²) in [6.07, 6.45) is 3.62. The highest BCUT2D eigenvalue weighted by Gasteiger charge is 2.39. The number of benzene rings is 2. The van der Waals surface area contributed by atoms with Gasteiger partial charge in [-0.25, -0.2) is 5.01 Å². The number of thioether (sulfide) groups is 1. The van der Waals surface area contributed by atoms with Gasteiger partial charge in [-0.05, 0) is 48.9 Å². The molecular formula is C24H25ClN4OS. The Morgan fingerprint density at radius 1 is 1.03 bits per heavy atom. The molecule has 2 fully saturated rings. The standard InChI is InChI=1S/C24H25ClN4OS/c1-16-29(15-23(31-16)19-5-3-2-4-6-19)28-13-17-9-18(14-28)12-27(11-17)24-26-21-10-20(25)7-8-22(21)30-24/h2-8,10,15-18H,9,11-14H2,1H3. The van der Waals surface area contributed by atoms with E-state index in [1.165, 1.54) is 16.9 Å². The average molecular weight is 453 g/mol. The predicted octanol–water partition coefficient (Wildman–Crippen LogP) is 5.55. The highest BCUT2D eigenvalue weighted by atomic mass is 35.5. The fourth-order valence-corrected chi connectivity index (χ4v) is 6.45. The fraction of sp³-hybridized carbons (Fsp3) is 0.375. The summed E-state index contributed by atoms with van der Waals surface area (Å²) in [4.78, 5) is 8.40. The smallest absolute Gasteiger partial charge is 0.298 e. The van der Waals surface area contributed by atoms with Crippen molar-refractivity contribution in [1.82, 2.24) is 15.0 Å². The van der Waals surface area contributed by atoms with Gasteiger partial charge in [-0.3, -0.25) is 5.01 Å². The molecule has 160 valence electrons. The van der Waals surface area contributed by atoms with Crippen LogP contribution in [0.5, 0.6) is 0 Å². The first-order valence-corrected chi connectivity index (χ1v) is 12.2. The lowest BCUT2D eigenvalue weighted by Crippen LogP contribution is -2.57. The van der Waals surface area contributed by atoms with Crippen LogP contribution in [0.4, 0.5) is 6.01 Å². The number of hydrazine groups is 1. The Morgan fingerprint density at radius 2 is 1.81 bits per heavy atom. The first kappa shape index (κ1) is 19.5. The Balaban J connectivity index is 1.18. The normalized spacial score (nSPS) is 26.5. The Bertz CT molecular complexity index is 1120. The molecule has 0 spiro atoms. The van der Waals surface area contributed by atoms with E-state index in [-0.39, 0.29) is 0 Å². The minimum Gasteiger partial charge on any atom is -0.423 e. The van der Waals surface area contributed by atoms with Crippen molar-refractivity contribution in [3.05, 3.63) is 65.3 Å². The number of fused-ring (bicyclic) bond motifs is 3. The second kappa shape index (κ2) is 7.76. The van der Waals surface area contributed by atoms with Gasteiger partial charge in [0.25, 0.3) is 6.01 Å². The molecule has 4 heterocycles. The first-order valence-electron chi connectivity index (χ1n) is 10.9. The maximum absolute atomic E-state index is 6.12. The Kier molecular flexibility index (Phi) is 4.89. The Labute approximate surface area is 191 Å². The molecule has 2 aromatic carbocycles. The number of nitrogens with zero attached hydrogens (tertiary/aromatic N) is 4. The molecule has 3 aliphatic heterocycles. The van der Waals surface area contributed by atoms with Crippen molar-refractivity contribution in [3.8, 4) is 0 Å². The molecule has 31 heavy (non-hydrogen) atoms. The molecule has 3 unspecified atom stereocenters. The minimum absolute atomic E-state index is 0.423. The third kappa shape index (κ3) is 3.71. The zero-order chi connectivity index (χ0) is 20.9. The summed E-state index contributed by atoms with van der Waals surface area (Å²) in [6.45, 7) is 6.42. The lowest BCUT2D eigenvalue weighted by Gasteiger charge is -2.48. The van der Waals surface area contributed by atoms with E-state index in [1.54, 1.807) is 0 Å². The summed E-state index contributed by atoms with van der Waals surface area (Å²) >= 11 is 8.07. The van der Waals surface area contributed by atoms with Crippen LogP contribution in [0.2, 0.25) is 5.02 Å². The molecule has 0 amide bonds. The van der Waals surface area contributed by atoms with E-state index in [0.29, 0.717) is 22.2 Å². The molecule has 0 radical (unpaired) electrons. The van der Waals surface area contributed by atoms with Gasteiger partial charge in [-0.2, -0.15) is 4.98 Å². The van der Waals surface area contributed by atoms with Crippen LogP contribution in [0, 0.1) is 11.8 Å². The van der Waals surface area contributed by atoms with Gasteiger partial charge in [0.05, 0.1) is 5.37 Å². The van der Waals surface area contributed by atoms with Gasteiger partial charge in [0.2, 0.25) is 0 Å². The average Bonchev–Trinajstić information content (AvgIpc) is 3.37. The van der Waals surface area contributed by atoms with Gasteiger partial charge < -0.3 is 9.32 Å². The van der Waals surface area contributed by atoms with E-state index in [0.717, 1.165) is 43.3 Å². The van der Waals surface area contributed by atoms with Crippen LogP contribution in [0.3, 0.4) is 0 Å². The molecule has 0 aliphatic carbocycles. The molecule has 3 aromatic rings. The van der Waals surface area contributed by atoms with Gasteiger partial charge in [-0.1, -0.05) is 53.7 Å². The van der Waals surface area contributed by atoms with Crippen LogP contribution >= 0.6 is 23.4 Å². The monoisotopic (exact) mass is 452 g/mol. The number of halogens is 1. The second-order valence-electron chi connectivity index (χ2n) is 8.81. The van der Waals surface area contributed by atoms with Crippen LogP contribution < -0.4 is 4.90 Å². The number of hydrogen-bond acceptors (Lipinski definition) is 6. The molecule has 7 heteroatoms. The van der Waals surface area contributed by atoms with E-state index < -0.39 is 0 Å². The summed E-state index contributed by atoms with van der Waals surface area (Å²) < 4.78 is 6.05. The summed E-state index contributed by atoms with van der Waals surface area (Å²) in [7, 11) is 0. The quantitative estimate of drug-likeness (QED) is 0.518. The molecule has 0 N–H and O–H groups in total. The lowest BCUT2D eigenvalue weighted by atomic mass is 9.85. The molecule has 3 atom stereocenters. The number of hydrogen-bond donors (Lipinski definition) is 0. The summed E-state index contributed by atoms with van der Waals surface area (Å²) in [5, 5.41) is 6.14. The van der Waals surface area contributed by atoms with Crippen LogP contribution in [-0.4, -0.2) is 46.6 Å². The third-order valence-electron chi connectivity index (χ3n) is 6.48. The minimum atomic E-state index is 0.423. The zero-order valence-electron chi connectivity index (χ0n) is 17.4. The van der Waals surface area contributed by atoms with Crippen LogP contribution in [-0.2, 0) is 0 Å².